The van der Waals surface area contributed by atoms with Crippen molar-refractivity contribution < 1.29 is 9.90 Å². The van der Waals surface area contributed by atoms with Gasteiger partial charge in [0.25, 0.3) is 0 Å². The highest BCUT2D eigenvalue weighted by molar-refractivity contribution is 5.46. The summed E-state index contributed by atoms with van der Waals surface area (Å²) in [5.41, 5.74) is 0. The summed E-state index contributed by atoms with van der Waals surface area (Å²) in [4.78, 5) is 14.5. The Kier molecular flexibility index (Phi) is 3.82. The Bertz CT molecular complexity index is 231. The second-order valence-electron chi connectivity index (χ2n) is 5.21. The van der Waals surface area contributed by atoms with E-state index in [2.05, 4.69) is 4.90 Å². The summed E-state index contributed by atoms with van der Waals surface area (Å²) in [6, 6.07) is 1.38. The summed E-state index contributed by atoms with van der Waals surface area (Å²) < 4.78 is 0. The van der Waals surface area contributed by atoms with E-state index >= 15 is 0 Å². The molecule has 1 N–H and O–H groups in total. The average molecular weight is 226 g/mol. The third-order valence-corrected chi connectivity index (χ3v) is 3.95. The number of carbonyl (C=O) groups excluding carboxylic acids is 1. The predicted octanol–water partition coefficient (Wildman–Crippen LogP) is 0.452. The van der Waals surface area contributed by atoms with E-state index in [0.717, 1.165) is 13.0 Å². The SMILES string of the molecule is CN(C=O)CC(O)CN1[C@@H]2CCC[C@H]1CC2. The van der Waals surface area contributed by atoms with Crippen molar-refractivity contribution in [2.45, 2.75) is 50.3 Å². The fourth-order valence-electron chi connectivity index (χ4n) is 3.20. The Balaban J connectivity index is 1.82. The zero-order valence-electron chi connectivity index (χ0n) is 10.0. The van der Waals surface area contributed by atoms with Gasteiger partial charge in [-0.05, 0) is 25.7 Å². The Hall–Kier alpha value is -0.610. The van der Waals surface area contributed by atoms with Crippen LogP contribution in [0.1, 0.15) is 32.1 Å². The molecule has 2 aliphatic heterocycles. The van der Waals surface area contributed by atoms with E-state index in [-0.39, 0.29) is 0 Å². The van der Waals surface area contributed by atoms with E-state index in [1.165, 1.54) is 37.0 Å². The number of hydrogen-bond donors (Lipinski definition) is 1. The van der Waals surface area contributed by atoms with E-state index in [0.29, 0.717) is 18.6 Å². The molecule has 0 aromatic heterocycles. The zero-order valence-corrected chi connectivity index (χ0v) is 10.0. The van der Waals surface area contributed by atoms with Gasteiger partial charge in [0.05, 0.1) is 6.10 Å². The van der Waals surface area contributed by atoms with Crippen molar-refractivity contribution in [1.82, 2.24) is 9.80 Å². The first-order chi connectivity index (χ1) is 7.70. The summed E-state index contributed by atoms with van der Waals surface area (Å²) in [6.45, 7) is 1.17. The third-order valence-electron chi connectivity index (χ3n) is 3.95. The van der Waals surface area contributed by atoms with Gasteiger partial charge < -0.3 is 10.0 Å². The van der Waals surface area contributed by atoms with Crippen LogP contribution < -0.4 is 0 Å². The van der Waals surface area contributed by atoms with Crippen molar-refractivity contribution in [2.75, 3.05) is 20.1 Å². The molecule has 0 saturated carbocycles. The van der Waals surface area contributed by atoms with Crippen LogP contribution in [0.3, 0.4) is 0 Å². The molecule has 0 aromatic rings. The summed E-state index contributed by atoms with van der Waals surface area (Å²) in [6.07, 6.45) is 6.86. The molecule has 2 aliphatic rings. The molecule has 1 amide bonds. The molecule has 2 fully saturated rings. The van der Waals surface area contributed by atoms with Crippen molar-refractivity contribution in [3.05, 3.63) is 0 Å². The topological polar surface area (TPSA) is 43.8 Å². The van der Waals surface area contributed by atoms with E-state index in [1.54, 1.807) is 7.05 Å². The second-order valence-corrected chi connectivity index (χ2v) is 5.21. The Morgan fingerprint density at radius 1 is 1.38 bits per heavy atom. The van der Waals surface area contributed by atoms with Gasteiger partial charge in [0, 0.05) is 32.2 Å². The molecular weight excluding hydrogens is 204 g/mol. The number of amides is 1. The maximum absolute atomic E-state index is 10.5. The van der Waals surface area contributed by atoms with Crippen molar-refractivity contribution in [1.29, 1.82) is 0 Å². The van der Waals surface area contributed by atoms with Gasteiger partial charge >= 0.3 is 0 Å². The number of aliphatic hydroxyl groups is 1. The molecule has 4 nitrogen and oxygen atoms in total. The molecular formula is C12H22N2O2. The number of hydrogen-bond acceptors (Lipinski definition) is 3. The molecule has 3 atom stereocenters. The molecule has 2 saturated heterocycles. The zero-order chi connectivity index (χ0) is 11.5. The maximum atomic E-state index is 10.5. The monoisotopic (exact) mass is 226 g/mol. The van der Waals surface area contributed by atoms with Crippen molar-refractivity contribution in [3.8, 4) is 0 Å². The molecule has 0 radical (unpaired) electrons. The van der Waals surface area contributed by atoms with E-state index in [1.807, 2.05) is 0 Å². The van der Waals surface area contributed by atoms with Gasteiger partial charge in [-0.1, -0.05) is 6.42 Å². The predicted molar refractivity (Wildman–Crippen MR) is 62.1 cm³/mol. The minimum Gasteiger partial charge on any atom is -0.390 e. The normalized spacial score (nSPS) is 31.4. The van der Waals surface area contributed by atoms with E-state index in [4.69, 9.17) is 0 Å². The Morgan fingerprint density at radius 3 is 2.56 bits per heavy atom. The highest BCUT2D eigenvalue weighted by atomic mass is 16.3. The fourth-order valence-corrected chi connectivity index (χ4v) is 3.20. The van der Waals surface area contributed by atoms with E-state index < -0.39 is 6.10 Å². The van der Waals surface area contributed by atoms with Gasteiger partial charge in [0.2, 0.25) is 6.41 Å². The maximum Gasteiger partial charge on any atom is 0.209 e. The van der Waals surface area contributed by atoms with Crippen LogP contribution in [0.25, 0.3) is 0 Å². The van der Waals surface area contributed by atoms with Crippen molar-refractivity contribution in [2.24, 2.45) is 0 Å². The summed E-state index contributed by atoms with van der Waals surface area (Å²) in [5.74, 6) is 0. The molecule has 2 rings (SSSR count). The van der Waals surface area contributed by atoms with Gasteiger partial charge in [-0.2, -0.15) is 0 Å². The molecule has 2 heterocycles. The first kappa shape index (κ1) is 11.9. The first-order valence-electron chi connectivity index (χ1n) is 6.30. The number of piperidine rings is 1. The third kappa shape index (κ3) is 2.55. The van der Waals surface area contributed by atoms with Crippen LogP contribution in [-0.2, 0) is 4.79 Å². The second kappa shape index (κ2) is 5.15. The number of rotatable bonds is 5. The molecule has 2 bridgehead atoms. The van der Waals surface area contributed by atoms with E-state index in [9.17, 15) is 9.90 Å². The summed E-state index contributed by atoms with van der Waals surface area (Å²) in [7, 11) is 1.71. The lowest BCUT2D eigenvalue weighted by Crippen LogP contribution is -2.46. The van der Waals surface area contributed by atoms with Crippen LogP contribution in [0.5, 0.6) is 0 Å². The molecule has 4 heteroatoms. The molecule has 16 heavy (non-hydrogen) atoms. The van der Waals surface area contributed by atoms with Crippen LogP contribution in [0.4, 0.5) is 0 Å². The average Bonchev–Trinajstić information content (AvgIpc) is 2.52. The van der Waals surface area contributed by atoms with Crippen LogP contribution in [-0.4, -0.2) is 59.6 Å². The summed E-state index contributed by atoms with van der Waals surface area (Å²) in [5, 5.41) is 9.92. The standard InChI is InChI=1S/C12H22N2O2/c1-13(9-15)7-12(16)8-14-10-3-2-4-11(14)6-5-10/h9-12,16H,2-8H2,1H3/t10-,11+,12?. The lowest BCUT2D eigenvalue weighted by molar-refractivity contribution is -0.118. The molecule has 0 aromatic carbocycles. The van der Waals surface area contributed by atoms with Crippen LogP contribution in [0.2, 0.25) is 0 Å². The molecule has 1 unspecified atom stereocenters. The van der Waals surface area contributed by atoms with Crippen molar-refractivity contribution in [3.63, 3.8) is 0 Å². The van der Waals surface area contributed by atoms with Crippen LogP contribution in [0.15, 0.2) is 0 Å². The molecule has 92 valence electrons. The number of likely N-dealkylation sites (N-methyl/N-ethyl adjacent to an activating group) is 1. The van der Waals surface area contributed by atoms with Gasteiger partial charge in [-0.15, -0.1) is 0 Å². The Labute approximate surface area is 97.2 Å². The smallest absolute Gasteiger partial charge is 0.209 e. The quantitative estimate of drug-likeness (QED) is 0.692. The Morgan fingerprint density at radius 2 is 2.00 bits per heavy atom. The lowest BCUT2D eigenvalue weighted by atomic mass is 10.0. The van der Waals surface area contributed by atoms with Gasteiger partial charge in [0.1, 0.15) is 0 Å². The molecule has 0 spiro atoms. The summed E-state index contributed by atoms with van der Waals surface area (Å²) >= 11 is 0. The number of aliphatic hydroxyl groups excluding tert-OH is 1. The van der Waals surface area contributed by atoms with Crippen LogP contribution >= 0.6 is 0 Å². The first-order valence-corrected chi connectivity index (χ1v) is 6.30. The lowest BCUT2D eigenvalue weighted by Gasteiger charge is -2.36. The number of fused-ring (bicyclic) bond motifs is 2. The number of carbonyl (C=O) groups is 1. The minimum atomic E-state index is -0.406. The minimum absolute atomic E-state index is 0.406. The molecule has 0 aliphatic carbocycles. The highest BCUT2D eigenvalue weighted by Gasteiger charge is 2.37. The van der Waals surface area contributed by atoms with Gasteiger partial charge in [0.15, 0.2) is 0 Å². The number of nitrogens with zero attached hydrogens (tertiary/aromatic N) is 2. The fraction of sp³-hybridized carbons (Fsp3) is 0.917. The largest absolute Gasteiger partial charge is 0.390 e. The van der Waals surface area contributed by atoms with Crippen molar-refractivity contribution >= 4 is 6.41 Å². The van der Waals surface area contributed by atoms with Gasteiger partial charge in [-0.3, -0.25) is 9.69 Å². The highest BCUT2D eigenvalue weighted by Crippen LogP contribution is 2.35. The van der Waals surface area contributed by atoms with Crippen LogP contribution in [0, 0.1) is 0 Å². The van der Waals surface area contributed by atoms with Gasteiger partial charge in [-0.25, -0.2) is 0 Å².